The lowest BCUT2D eigenvalue weighted by molar-refractivity contribution is -0.138. The van der Waals surface area contributed by atoms with Gasteiger partial charge in [0, 0.05) is 32.9 Å². The van der Waals surface area contributed by atoms with Crippen LogP contribution in [0.4, 0.5) is 23.7 Å². The van der Waals surface area contributed by atoms with Gasteiger partial charge in [-0.1, -0.05) is 6.07 Å². The predicted molar refractivity (Wildman–Crippen MR) is 104 cm³/mol. The van der Waals surface area contributed by atoms with Crippen LogP contribution in [-0.4, -0.2) is 49.4 Å². The minimum absolute atomic E-state index is 0.0989. The van der Waals surface area contributed by atoms with Crippen LogP contribution in [0.15, 0.2) is 41.3 Å². The van der Waals surface area contributed by atoms with Crippen molar-refractivity contribution in [1.82, 2.24) is 9.21 Å². The number of hydrogen-bond donors (Lipinski definition) is 2. The third kappa shape index (κ3) is 4.36. The Morgan fingerprint density at radius 3 is 2.47 bits per heavy atom. The molecule has 2 amide bonds. The van der Waals surface area contributed by atoms with Crippen molar-refractivity contribution in [3.63, 3.8) is 0 Å². The number of phenols is 1. The molecule has 30 heavy (non-hydrogen) atoms. The van der Waals surface area contributed by atoms with E-state index in [0.717, 1.165) is 15.9 Å². The van der Waals surface area contributed by atoms with Gasteiger partial charge in [-0.25, -0.2) is 17.5 Å². The molecule has 3 rings (SSSR count). The molecule has 0 atom stereocenters. The summed E-state index contributed by atoms with van der Waals surface area (Å²) < 4.78 is 64.6. The van der Waals surface area contributed by atoms with E-state index in [1.165, 1.54) is 37.2 Å². The van der Waals surface area contributed by atoms with E-state index in [4.69, 9.17) is 0 Å². The average molecular weight is 443 g/mol. The Morgan fingerprint density at radius 1 is 1.13 bits per heavy atom. The number of carbonyl (C=O) groups is 1. The molecule has 0 bridgehead atoms. The molecule has 1 heterocycles. The molecule has 0 fully saturated rings. The number of rotatable bonds is 3. The molecule has 2 aromatic rings. The van der Waals surface area contributed by atoms with Crippen molar-refractivity contribution in [3.05, 3.63) is 53.1 Å². The molecule has 7 nitrogen and oxygen atoms in total. The molecule has 162 valence electrons. The third-order valence-electron chi connectivity index (χ3n) is 4.81. The van der Waals surface area contributed by atoms with Gasteiger partial charge in [-0.3, -0.25) is 0 Å². The van der Waals surface area contributed by atoms with E-state index in [9.17, 15) is 31.5 Å². The monoisotopic (exact) mass is 443 g/mol. The fraction of sp³-hybridized carbons (Fsp3) is 0.316. The Balaban J connectivity index is 1.79. The number of carbonyl (C=O) groups excluding carboxylic acids is 1. The zero-order chi connectivity index (χ0) is 22.3. The van der Waals surface area contributed by atoms with E-state index in [1.807, 2.05) is 0 Å². The summed E-state index contributed by atoms with van der Waals surface area (Å²) in [6.07, 6.45) is -4.28. The van der Waals surface area contributed by atoms with Gasteiger partial charge in [0.25, 0.3) is 0 Å². The summed E-state index contributed by atoms with van der Waals surface area (Å²) in [7, 11) is -0.799. The third-order valence-corrected chi connectivity index (χ3v) is 6.62. The van der Waals surface area contributed by atoms with E-state index >= 15 is 0 Å². The normalized spacial score (nSPS) is 14.5. The second kappa shape index (κ2) is 7.80. The van der Waals surface area contributed by atoms with E-state index < -0.39 is 33.5 Å². The molecule has 0 saturated carbocycles. The highest BCUT2D eigenvalue weighted by Crippen LogP contribution is 2.37. The van der Waals surface area contributed by atoms with Crippen molar-refractivity contribution in [1.29, 1.82) is 0 Å². The molecule has 11 heteroatoms. The number of nitrogens with one attached hydrogen (secondary N) is 1. The maximum absolute atomic E-state index is 12.9. The fourth-order valence-electron chi connectivity index (χ4n) is 3.12. The smallest absolute Gasteiger partial charge is 0.420 e. The Bertz CT molecular complexity index is 1080. The summed E-state index contributed by atoms with van der Waals surface area (Å²) in [5, 5.41) is 11.8. The maximum Gasteiger partial charge on any atom is 0.420 e. The lowest BCUT2D eigenvalue weighted by Crippen LogP contribution is -2.39. The second-order valence-corrected chi connectivity index (χ2v) is 9.20. The van der Waals surface area contributed by atoms with Crippen LogP contribution in [-0.2, 0) is 29.2 Å². The van der Waals surface area contributed by atoms with Crippen LogP contribution in [0.1, 0.15) is 16.7 Å². The van der Waals surface area contributed by atoms with Gasteiger partial charge in [0.15, 0.2) is 0 Å². The maximum atomic E-state index is 12.9. The number of sulfonamides is 1. The molecular weight excluding hydrogens is 423 g/mol. The Morgan fingerprint density at radius 2 is 1.83 bits per heavy atom. The van der Waals surface area contributed by atoms with Crippen LogP contribution in [0.3, 0.4) is 0 Å². The zero-order valence-electron chi connectivity index (χ0n) is 16.2. The molecule has 2 aromatic carbocycles. The lowest BCUT2D eigenvalue weighted by Gasteiger charge is -2.29. The molecular formula is C19H20F3N3O4S. The highest BCUT2D eigenvalue weighted by atomic mass is 32.2. The van der Waals surface area contributed by atoms with E-state index in [-0.39, 0.29) is 17.1 Å². The summed E-state index contributed by atoms with van der Waals surface area (Å²) in [4.78, 5) is 14.0. The molecule has 1 aliphatic heterocycles. The van der Waals surface area contributed by atoms with E-state index in [2.05, 4.69) is 5.32 Å². The lowest BCUT2D eigenvalue weighted by atomic mass is 10.0. The minimum Gasteiger partial charge on any atom is -0.507 e. The number of alkyl halides is 3. The highest BCUT2D eigenvalue weighted by molar-refractivity contribution is 7.89. The van der Waals surface area contributed by atoms with Gasteiger partial charge >= 0.3 is 12.2 Å². The van der Waals surface area contributed by atoms with Crippen molar-refractivity contribution < 1.29 is 31.5 Å². The Kier molecular flexibility index (Phi) is 5.70. The highest BCUT2D eigenvalue weighted by Gasteiger charge is 2.34. The Hall–Kier alpha value is -2.79. The molecule has 0 saturated heterocycles. The number of fused-ring (bicyclic) bond motifs is 1. The van der Waals surface area contributed by atoms with Crippen LogP contribution in [0.25, 0.3) is 0 Å². The van der Waals surface area contributed by atoms with Crippen molar-refractivity contribution in [3.8, 4) is 5.75 Å². The molecule has 1 aliphatic rings. The predicted octanol–water partition coefficient (Wildman–Crippen LogP) is 3.25. The standard InChI is InChI=1S/C19H20F3N3O4S/c1-24(2)30(28,29)15-5-3-12-7-8-25(11-13(12)9-15)18(27)23-14-4-6-17(26)16(10-14)19(20,21)22/h3-6,9-10,26H,7-8,11H2,1-2H3,(H,23,27). The first kappa shape index (κ1) is 21.9. The number of anilines is 1. The summed E-state index contributed by atoms with van der Waals surface area (Å²) in [5.41, 5.74) is 0.199. The quantitative estimate of drug-likeness (QED) is 0.713. The van der Waals surface area contributed by atoms with Crippen LogP contribution in [0.2, 0.25) is 0 Å². The average Bonchev–Trinajstić information content (AvgIpc) is 2.67. The van der Waals surface area contributed by atoms with Crippen LogP contribution in [0, 0.1) is 0 Å². The largest absolute Gasteiger partial charge is 0.507 e. The summed E-state index contributed by atoms with van der Waals surface area (Å²) >= 11 is 0. The number of amides is 2. The van der Waals surface area contributed by atoms with Crippen LogP contribution < -0.4 is 5.32 Å². The summed E-state index contributed by atoms with van der Waals surface area (Å²) in [6, 6.07) is 6.79. The summed E-state index contributed by atoms with van der Waals surface area (Å²) in [6.45, 7) is 0.436. The number of phenolic OH excluding ortho intramolecular Hbond substituents is 1. The SMILES string of the molecule is CN(C)S(=O)(=O)c1ccc2c(c1)CN(C(=O)Nc1ccc(O)c(C(F)(F)F)c1)CC2. The topological polar surface area (TPSA) is 90.0 Å². The van der Waals surface area contributed by atoms with Gasteiger partial charge < -0.3 is 15.3 Å². The van der Waals surface area contributed by atoms with Gasteiger partial charge in [-0.15, -0.1) is 0 Å². The minimum atomic E-state index is -4.76. The van der Waals surface area contributed by atoms with Crippen molar-refractivity contribution in [2.75, 3.05) is 26.0 Å². The molecule has 0 spiro atoms. The van der Waals surface area contributed by atoms with Gasteiger partial charge in [-0.05, 0) is 47.9 Å². The van der Waals surface area contributed by atoms with Crippen molar-refractivity contribution >= 4 is 21.7 Å². The van der Waals surface area contributed by atoms with Gasteiger partial charge in [0.1, 0.15) is 5.75 Å². The van der Waals surface area contributed by atoms with E-state index in [0.29, 0.717) is 24.6 Å². The summed E-state index contributed by atoms with van der Waals surface area (Å²) in [5.74, 6) is -0.929. The van der Waals surface area contributed by atoms with Gasteiger partial charge in [-0.2, -0.15) is 13.2 Å². The van der Waals surface area contributed by atoms with Gasteiger partial charge in [0.2, 0.25) is 10.0 Å². The Labute approximate surface area is 171 Å². The van der Waals surface area contributed by atoms with E-state index in [1.54, 1.807) is 6.07 Å². The first-order chi connectivity index (χ1) is 13.9. The number of urea groups is 1. The number of benzene rings is 2. The molecule has 0 aliphatic carbocycles. The van der Waals surface area contributed by atoms with Crippen LogP contribution in [0.5, 0.6) is 5.75 Å². The first-order valence-corrected chi connectivity index (χ1v) is 10.3. The van der Waals surface area contributed by atoms with Crippen molar-refractivity contribution in [2.45, 2.75) is 24.0 Å². The zero-order valence-corrected chi connectivity index (χ0v) is 17.0. The molecule has 0 aromatic heterocycles. The molecule has 2 N–H and O–H groups in total. The molecule has 0 unspecified atom stereocenters. The van der Waals surface area contributed by atoms with Gasteiger partial charge in [0.05, 0.1) is 10.5 Å². The fourth-order valence-corrected chi connectivity index (χ4v) is 4.07. The first-order valence-electron chi connectivity index (χ1n) is 8.90. The number of aromatic hydroxyl groups is 1. The number of nitrogens with zero attached hydrogens (tertiary/aromatic N) is 2. The molecule has 0 radical (unpaired) electrons. The second-order valence-electron chi connectivity index (χ2n) is 7.05. The number of halogens is 3. The van der Waals surface area contributed by atoms with Crippen LogP contribution >= 0.6 is 0 Å². The van der Waals surface area contributed by atoms with Crippen molar-refractivity contribution in [2.24, 2.45) is 0 Å². The number of hydrogen-bond acceptors (Lipinski definition) is 4.